The first-order chi connectivity index (χ1) is 9.84. The SMILES string of the molecule is CCOC(=O)Cn1nc(N2CCCC2)c(S(C)(=O)=O)c1N. The molecule has 2 heterocycles. The van der Waals surface area contributed by atoms with E-state index in [-0.39, 0.29) is 23.9 Å². The number of hydrogen-bond acceptors (Lipinski definition) is 7. The van der Waals surface area contributed by atoms with Gasteiger partial charge in [-0.2, -0.15) is 5.10 Å². The summed E-state index contributed by atoms with van der Waals surface area (Å²) in [5.74, 6) is -0.191. The molecule has 0 aliphatic carbocycles. The number of carbonyl (C=O) groups excluding carboxylic acids is 1. The number of hydrogen-bond donors (Lipinski definition) is 1. The summed E-state index contributed by atoms with van der Waals surface area (Å²) in [5.41, 5.74) is 5.89. The second-order valence-corrected chi connectivity index (χ2v) is 6.92. The van der Waals surface area contributed by atoms with Gasteiger partial charge in [-0.15, -0.1) is 0 Å². The van der Waals surface area contributed by atoms with Crippen molar-refractivity contribution in [3.8, 4) is 0 Å². The quantitative estimate of drug-likeness (QED) is 0.764. The Balaban J connectivity index is 2.42. The highest BCUT2D eigenvalue weighted by atomic mass is 32.2. The summed E-state index contributed by atoms with van der Waals surface area (Å²) in [5, 5.41) is 4.22. The number of esters is 1. The highest BCUT2D eigenvalue weighted by molar-refractivity contribution is 7.91. The Morgan fingerprint density at radius 2 is 2.00 bits per heavy atom. The minimum Gasteiger partial charge on any atom is -0.465 e. The molecule has 1 aliphatic heterocycles. The van der Waals surface area contributed by atoms with Crippen LogP contribution in [0.5, 0.6) is 0 Å². The van der Waals surface area contributed by atoms with Gasteiger partial charge in [0, 0.05) is 19.3 Å². The van der Waals surface area contributed by atoms with E-state index in [9.17, 15) is 13.2 Å². The number of anilines is 2. The van der Waals surface area contributed by atoms with E-state index in [1.165, 1.54) is 4.68 Å². The average Bonchev–Trinajstić information content (AvgIpc) is 2.97. The van der Waals surface area contributed by atoms with Crippen LogP contribution in [0.2, 0.25) is 0 Å². The van der Waals surface area contributed by atoms with Gasteiger partial charge in [-0.25, -0.2) is 13.1 Å². The lowest BCUT2D eigenvalue weighted by Gasteiger charge is -2.15. The first kappa shape index (κ1) is 15.6. The number of carbonyl (C=O) groups is 1. The van der Waals surface area contributed by atoms with Crippen LogP contribution in [0.15, 0.2) is 4.90 Å². The fourth-order valence-electron chi connectivity index (χ4n) is 2.39. The van der Waals surface area contributed by atoms with E-state index < -0.39 is 15.8 Å². The molecule has 1 aromatic rings. The molecular weight excluding hydrogens is 296 g/mol. The Hall–Kier alpha value is -1.77. The number of sulfone groups is 1. The Morgan fingerprint density at radius 3 is 2.52 bits per heavy atom. The van der Waals surface area contributed by atoms with Gasteiger partial charge in [0.25, 0.3) is 0 Å². The molecule has 21 heavy (non-hydrogen) atoms. The highest BCUT2D eigenvalue weighted by Crippen LogP contribution is 2.32. The molecule has 1 aromatic heterocycles. The zero-order valence-corrected chi connectivity index (χ0v) is 13.0. The lowest BCUT2D eigenvalue weighted by Crippen LogP contribution is -2.21. The van der Waals surface area contributed by atoms with Crippen molar-refractivity contribution in [2.45, 2.75) is 31.2 Å². The van der Waals surface area contributed by atoms with E-state index >= 15 is 0 Å². The highest BCUT2D eigenvalue weighted by Gasteiger charge is 2.29. The monoisotopic (exact) mass is 316 g/mol. The van der Waals surface area contributed by atoms with Crippen LogP contribution in [0.1, 0.15) is 19.8 Å². The zero-order chi connectivity index (χ0) is 15.6. The van der Waals surface area contributed by atoms with Crippen molar-refractivity contribution in [1.82, 2.24) is 9.78 Å². The van der Waals surface area contributed by atoms with Gasteiger partial charge in [-0.1, -0.05) is 0 Å². The lowest BCUT2D eigenvalue weighted by molar-refractivity contribution is -0.144. The topological polar surface area (TPSA) is 108 Å². The minimum absolute atomic E-state index is 0.00583. The molecule has 0 saturated carbocycles. The van der Waals surface area contributed by atoms with Gasteiger partial charge >= 0.3 is 5.97 Å². The lowest BCUT2D eigenvalue weighted by atomic mass is 10.4. The minimum atomic E-state index is -3.53. The van der Waals surface area contributed by atoms with Crippen LogP contribution in [0.25, 0.3) is 0 Å². The molecule has 0 unspecified atom stereocenters. The van der Waals surface area contributed by atoms with Gasteiger partial charge in [0.15, 0.2) is 20.6 Å². The van der Waals surface area contributed by atoms with E-state index in [0.717, 1.165) is 32.2 Å². The predicted octanol–water partition coefficient (Wildman–Crippen LogP) is 0.0321. The van der Waals surface area contributed by atoms with E-state index in [4.69, 9.17) is 10.5 Å². The Morgan fingerprint density at radius 1 is 1.38 bits per heavy atom. The largest absolute Gasteiger partial charge is 0.465 e. The standard InChI is InChI=1S/C12H20N4O4S/c1-3-20-9(17)8-16-11(13)10(21(2,18)19)12(14-16)15-6-4-5-7-15/h3-8,13H2,1-2H3. The molecule has 0 amide bonds. The molecule has 0 radical (unpaired) electrons. The third kappa shape index (κ3) is 3.29. The Kier molecular flexibility index (Phi) is 4.40. The number of nitrogens with zero attached hydrogens (tertiary/aromatic N) is 3. The second-order valence-electron chi connectivity index (χ2n) is 4.97. The van der Waals surface area contributed by atoms with Crippen molar-refractivity contribution in [2.75, 3.05) is 36.6 Å². The van der Waals surface area contributed by atoms with Crippen molar-refractivity contribution in [3.05, 3.63) is 0 Å². The summed E-state index contributed by atoms with van der Waals surface area (Å²) in [6.07, 6.45) is 3.05. The molecule has 0 spiro atoms. The van der Waals surface area contributed by atoms with E-state index in [2.05, 4.69) is 5.10 Å². The van der Waals surface area contributed by atoms with Crippen LogP contribution in [0.4, 0.5) is 11.6 Å². The molecule has 0 atom stereocenters. The molecule has 2 N–H and O–H groups in total. The molecule has 0 bridgehead atoms. The number of nitrogen functional groups attached to an aromatic ring is 1. The molecule has 0 aromatic carbocycles. The predicted molar refractivity (Wildman–Crippen MR) is 77.8 cm³/mol. The van der Waals surface area contributed by atoms with Crippen LogP contribution < -0.4 is 10.6 Å². The molecule has 118 valence electrons. The first-order valence-corrected chi connectivity index (χ1v) is 8.70. The van der Waals surface area contributed by atoms with E-state index in [1.807, 2.05) is 4.90 Å². The molecular formula is C12H20N4O4S. The fourth-order valence-corrected chi connectivity index (χ4v) is 3.37. The van der Waals surface area contributed by atoms with Gasteiger partial charge in [0.05, 0.1) is 6.61 Å². The maximum Gasteiger partial charge on any atom is 0.327 e. The normalized spacial score (nSPS) is 15.4. The molecule has 9 heteroatoms. The Bertz CT molecular complexity index is 632. The number of ether oxygens (including phenoxy) is 1. The molecule has 1 saturated heterocycles. The third-order valence-electron chi connectivity index (χ3n) is 3.29. The summed E-state index contributed by atoms with van der Waals surface area (Å²) < 4.78 is 30.0. The molecule has 8 nitrogen and oxygen atoms in total. The van der Waals surface area contributed by atoms with Gasteiger partial charge < -0.3 is 15.4 Å². The number of nitrogens with two attached hydrogens (primary N) is 1. The van der Waals surface area contributed by atoms with Crippen LogP contribution in [-0.4, -0.2) is 50.1 Å². The van der Waals surface area contributed by atoms with Gasteiger partial charge in [0.2, 0.25) is 0 Å². The van der Waals surface area contributed by atoms with Gasteiger partial charge in [0.1, 0.15) is 12.4 Å². The average molecular weight is 316 g/mol. The summed E-state index contributed by atoms with van der Waals surface area (Å²) in [6.45, 7) is 3.21. The Labute approximate surface area is 123 Å². The van der Waals surface area contributed by atoms with Crippen molar-refractivity contribution in [1.29, 1.82) is 0 Å². The van der Waals surface area contributed by atoms with Gasteiger partial charge in [-0.3, -0.25) is 4.79 Å². The van der Waals surface area contributed by atoms with Crippen molar-refractivity contribution >= 4 is 27.4 Å². The number of rotatable bonds is 5. The third-order valence-corrected chi connectivity index (χ3v) is 4.42. The van der Waals surface area contributed by atoms with Crippen LogP contribution >= 0.6 is 0 Å². The van der Waals surface area contributed by atoms with Crippen molar-refractivity contribution in [2.24, 2.45) is 0 Å². The molecule has 1 aliphatic rings. The zero-order valence-electron chi connectivity index (χ0n) is 12.2. The first-order valence-electron chi connectivity index (χ1n) is 6.81. The summed E-state index contributed by atoms with van der Waals surface area (Å²) in [4.78, 5) is 13.4. The maximum atomic E-state index is 12.0. The van der Waals surface area contributed by atoms with Gasteiger partial charge in [-0.05, 0) is 19.8 Å². The smallest absolute Gasteiger partial charge is 0.327 e. The molecule has 2 rings (SSSR count). The molecule has 1 fully saturated rings. The van der Waals surface area contributed by atoms with Crippen molar-refractivity contribution < 1.29 is 17.9 Å². The second kappa shape index (κ2) is 5.92. The van der Waals surface area contributed by atoms with E-state index in [1.54, 1.807) is 6.92 Å². The van der Waals surface area contributed by atoms with E-state index in [0.29, 0.717) is 5.82 Å². The maximum absolute atomic E-state index is 12.0. The summed E-state index contributed by atoms with van der Waals surface area (Å²) in [7, 11) is -3.53. The van der Waals surface area contributed by atoms with Crippen LogP contribution in [0, 0.1) is 0 Å². The number of aromatic nitrogens is 2. The van der Waals surface area contributed by atoms with Crippen LogP contribution in [-0.2, 0) is 25.9 Å². The summed E-state index contributed by atoms with van der Waals surface area (Å²) >= 11 is 0. The van der Waals surface area contributed by atoms with Crippen molar-refractivity contribution in [3.63, 3.8) is 0 Å². The fraction of sp³-hybridized carbons (Fsp3) is 0.667. The summed E-state index contributed by atoms with van der Waals surface area (Å²) in [6, 6.07) is 0. The van der Waals surface area contributed by atoms with Crippen LogP contribution in [0.3, 0.4) is 0 Å².